The molecule has 1 saturated heterocycles. The van der Waals surface area contributed by atoms with Crippen LogP contribution < -0.4 is 5.32 Å². The first-order valence-corrected chi connectivity index (χ1v) is 5.50. The Morgan fingerprint density at radius 1 is 1.46 bits per heavy atom. The number of aromatic nitrogens is 1. The van der Waals surface area contributed by atoms with Gasteiger partial charge in [0.2, 0.25) is 0 Å². The summed E-state index contributed by atoms with van der Waals surface area (Å²) in [6.45, 7) is 1.14. The summed E-state index contributed by atoms with van der Waals surface area (Å²) in [7, 11) is 0. The van der Waals surface area contributed by atoms with E-state index in [-0.39, 0.29) is 0 Å². The average Bonchev–Trinajstić information content (AvgIpc) is 2.19. The summed E-state index contributed by atoms with van der Waals surface area (Å²) >= 11 is 3.39. The molecule has 1 aromatic heterocycles. The van der Waals surface area contributed by atoms with Crippen molar-refractivity contribution in [3.05, 3.63) is 28.5 Å². The van der Waals surface area contributed by atoms with Crippen LogP contribution in [0.5, 0.6) is 0 Å². The maximum Gasteiger partial charge on any atom is 0.106 e. The number of hydrogen-bond acceptors (Lipinski definition) is 2. The van der Waals surface area contributed by atoms with Crippen LogP contribution in [0.4, 0.5) is 0 Å². The van der Waals surface area contributed by atoms with Gasteiger partial charge < -0.3 is 5.32 Å². The van der Waals surface area contributed by atoms with E-state index in [0.29, 0.717) is 6.04 Å². The van der Waals surface area contributed by atoms with Crippen molar-refractivity contribution >= 4 is 15.9 Å². The van der Waals surface area contributed by atoms with Gasteiger partial charge in [0.05, 0.1) is 0 Å². The number of nitrogens with one attached hydrogen (secondary N) is 1. The van der Waals surface area contributed by atoms with E-state index < -0.39 is 0 Å². The summed E-state index contributed by atoms with van der Waals surface area (Å²) < 4.78 is 0.928. The second kappa shape index (κ2) is 4.20. The predicted octanol–water partition coefficient (Wildman–Crippen LogP) is 2.66. The van der Waals surface area contributed by atoms with Crippen molar-refractivity contribution in [3.63, 3.8) is 0 Å². The summed E-state index contributed by atoms with van der Waals surface area (Å²) in [4.78, 5) is 4.12. The Morgan fingerprint density at radius 2 is 2.38 bits per heavy atom. The maximum atomic E-state index is 4.12. The molecule has 0 spiro atoms. The Balaban J connectivity index is 2.14. The molecule has 1 N–H and O–H groups in total. The smallest absolute Gasteiger partial charge is 0.106 e. The molecule has 0 saturated carbocycles. The van der Waals surface area contributed by atoms with Crippen molar-refractivity contribution < 1.29 is 0 Å². The van der Waals surface area contributed by atoms with Gasteiger partial charge in [-0.15, -0.1) is 0 Å². The van der Waals surface area contributed by atoms with E-state index in [1.807, 2.05) is 6.20 Å². The number of rotatable bonds is 1. The molecule has 0 bridgehead atoms. The van der Waals surface area contributed by atoms with Crippen molar-refractivity contribution in [2.75, 3.05) is 6.54 Å². The molecule has 1 atom stereocenters. The number of halogens is 1. The third kappa shape index (κ3) is 2.29. The van der Waals surface area contributed by atoms with Crippen molar-refractivity contribution in [3.8, 4) is 0 Å². The van der Waals surface area contributed by atoms with Crippen LogP contribution in [0.15, 0.2) is 22.9 Å². The second-order valence-electron chi connectivity index (χ2n) is 3.41. The van der Waals surface area contributed by atoms with Crippen molar-refractivity contribution in [2.24, 2.45) is 0 Å². The molecular weight excluding hydrogens is 228 g/mol. The van der Waals surface area contributed by atoms with Gasteiger partial charge in [0, 0.05) is 12.2 Å². The summed E-state index contributed by atoms with van der Waals surface area (Å²) in [5.74, 6) is 0. The molecular formula is C10H13BrN2. The van der Waals surface area contributed by atoms with Crippen LogP contribution >= 0.6 is 15.9 Å². The zero-order valence-electron chi connectivity index (χ0n) is 7.46. The zero-order chi connectivity index (χ0) is 9.10. The molecule has 2 nitrogen and oxygen atoms in total. The van der Waals surface area contributed by atoms with E-state index in [9.17, 15) is 0 Å². The largest absolute Gasteiger partial charge is 0.310 e. The van der Waals surface area contributed by atoms with Crippen LogP contribution in [0.25, 0.3) is 0 Å². The SMILES string of the molecule is Brc1cc(C2CCCCN2)ccn1. The first-order valence-electron chi connectivity index (χ1n) is 4.71. The highest BCUT2D eigenvalue weighted by Gasteiger charge is 2.14. The lowest BCUT2D eigenvalue weighted by Gasteiger charge is -2.23. The van der Waals surface area contributed by atoms with Crippen molar-refractivity contribution in [2.45, 2.75) is 25.3 Å². The van der Waals surface area contributed by atoms with Crippen LogP contribution in [0, 0.1) is 0 Å². The normalized spacial score (nSPS) is 23.0. The van der Waals surface area contributed by atoms with Crippen LogP contribution in [0.2, 0.25) is 0 Å². The van der Waals surface area contributed by atoms with Crippen LogP contribution in [0.3, 0.4) is 0 Å². The van der Waals surface area contributed by atoms with E-state index in [2.05, 4.69) is 38.4 Å². The number of hydrogen-bond donors (Lipinski definition) is 1. The molecule has 2 heterocycles. The standard InChI is InChI=1S/C10H13BrN2/c11-10-7-8(4-6-13-10)9-3-1-2-5-12-9/h4,6-7,9,12H,1-3,5H2. The van der Waals surface area contributed by atoms with Gasteiger partial charge in [-0.25, -0.2) is 4.98 Å². The molecule has 1 aliphatic rings. The second-order valence-corrected chi connectivity index (χ2v) is 4.23. The van der Waals surface area contributed by atoms with Crippen molar-refractivity contribution in [1.29, 1.82) is 0 Å². The molecule has 1 aliphatic heterocycles. The highest BCUT2D eigenvalue weighted by Crippen LogP contribution is 2.23. The molecule has 0 amide bonds. The molecule has 1 fully saturated rings. The van der Waals surface area contributed by atoms with E-state index in [4.69, 9.17) is 0 Å². The lowest BCUT2D eigenvalue weighted by Crippen LogP contribution is -2.26. The quantitative estimate of drug-likeness (QED) is 0.764. The molecule has 1 unspecified atom stereocenters. The van der Waals surface area contributed by atoms with Crippen LogP contribution in [-0.4, -0.2) is 11.5 Å². The van der Waals surface area contributed by atoms with Gasteiger partial charge in [0.1, 0.15) is 4.60 Å². The highest BCUT2D eigenvalue weighted by atomic mass is 79.9. The average molecular weight is 241 g/mol. The third-order valence-electron chi connectivity index (χ3n) is 2.46. The van der Waals surface area contributed by atoms with E-state index in [1.54, 1.807) is 0 Å². The van der Waals surface area contributed by atoms with E-state index >= 15 is 0 Å². The summed E-state index contributed by atoms with van der Waals surface area (Å²) in [5, 5.41) is 3.51. The molecule has 0 aliphatic carbocycles. The Labute approximate surface area is 86.9 Å². The summed E-state index contributed by atoms with van der Waals surface area (Å²) in [5.41, 5.74) is 1.35. The first-order chi connectivity index (χ1) is 6.36. The number of piperidine rings is 1. The zero-order valence-corrected chi connectivity index (χ0v) is 9.05. The maximum absolute atomic E-state index is 4.12. The van der Waals surface area contributed by atoms with Gasteiger partial charge in [-0.1, -0.05) is 6.42 Å². The molecule has 13 heavy (non-hydrogen) atoms. The fourth-order valence-electron chi connectivity index (χ4n) is 1.77. The van der Waals surface area contributed by atoms with Gasteiger partial charge >= 0.3 is 0 Å². The molecule has 0 radical (unpaired) electrons. The molecule has 3 heteroatoms. The monoisotopic (exact) mass is 240 g/mol. The van der Waals surface area contributed by atoms with Gasteiger partial charge in [0.25, 0.3) is 0 Å². The Bertz CT molecular complexity index is 282. The molecule has 0 aromatic carbocycles. The minimum atomic E-state index is 0.535. The molecule has 2 rings (SSSR count). The van der Waals surface area contributed by atoms with Gasteiger partial charge in [0.15, 0.2) is 0 Å². The third-order valence-corrected chi connectivity index (χ3v) is 2.90. The van der Waals surface area contributed by atoms with E-state index in [1.165, 1.54) is 24.8 Å². The van der Waals surface area contributed by atoms with Gasteiger partial charge in [-0.05, 0) is 53.0 Å². The first kappa shape index (κ1) is 9.16. The van der Waals surface area contributed by atoms with Gasteiger partial charge in [-0.2, -0.15) is 0 Å². The lowest BCUT2D eigenvalue weighted by molar-refractivity contribution is 0.412. The minimum Gasteiger partial charge on any atom is -0.310 e. The lowest BCUT2D eigenvalue weighted by atomic mass is 9.99. The predicted molar refractivity (Wildman–Crippen MR) is 56.5 cm³/mol. The Hall–Kier alpha value is -0.410. The summed E-state index contributed by atoms with van der Waals surface area (Å²) in [6, 6.07) is 4.73. The number of pyridine rings is 1. The highest BCUT2D eigenvalue weighted by molar-refractivity contribution is 9.10. The Morgan fingerprint density at radius 3 is 3.08 bits per heavy atom. The molecule has 70 valence electrons. The van der Waals surface area contributed by atoms with Gasteiger partial charge in [-0.3, -0.25) is 0 Å². The van der Waals surface area contributed by atoms with E-state index in [0.717, 1.165) is 11.1 Å². The van der Waals surface area contributed by atoms with Crippen LogP contribution in [0.1, 0.15) is 30.9 Å². The fraction of sp³-hybridized carbons (Fsp3) is 0.500. The number of nitrogens with zero attached hydrogens (tertiary/aromatic N) is 1. The fourth-order valence-corrected chi connectivity index (χ4v) is 2.15. The topological polar surface area (TPSA) is 24.9 Å². The molecule has 1 aromatic rings. The van der Waals surface area contributed by atoms with Crippen LogP contribution in [-0.2, 0) is 0 Å². The minimum absolute atomic E-state index is 0.535. The Kier molecular flexibility index (Phi) is 2.96. The van der Waals surface area contributed by atoms with Crippen molar-refractivity contribution in [1.82, 2.24) is 10.3 Å². The summed E-state index contributed by atoms with van der Waals surface area (Å²) in [6.07, 6.45) is 5.74.